The van der Waals surface area contributed by atoms with Gasteiger partial charge in [-0.15, -0.1) is 23.2 Å². The number of carboxylic acid groups (broad SMARTS) is 1. The minimum Gasteiger partial charge on any atom is -0.479 e. The van der Waals surface area contributed by atoms with Crippen LogP contribution in [-0.2, 0) is 4.79 Å². The average Bonchev–Trinajstić information content (AvgIpc) is 1.60. The van der Waals surface area contributed by atoms with E-state index in [-0.39, 0.29) is 6.42 Å². The number of alkyl halides is 4. The molecule has 0 aromatic carbocycles. The molecule has 0 bridgehead atoms. The molecule has 0 radical (unpaired) electrons. The highest BCUT2D eigenvalue weighted by molar-refractivity contribution is 6.58. The summed E-state index contributed by atoms with van der Waals surface area (Å²) >= 11 is 21.0. The molecule has 0 spiro atoms. The highest BCUT2D eigenvalue weighted by atomic mass is 35.5. The second kappa shape index (κ2) is 3.86. The summed E-state index contributed by atoms with van der Waals surface area (Å²) in [5, 5.41) is 8.31. The Morgan fingerprint density at radius 1 is 1.50 bits per heavy atom. The number of hydrogen-bond donors (Lipinski definition) is 1. The molecule has 0 aliphatic heterocycles. The number of carbonyl (C=O) groups is 1. The van der Waals surface area contributed by atoms with Gasteiger partial charge in [-0.1, -0.05) is 23.2 Å². The third-order valence-electron chi connectivity index (χ3n) is 0.724. The first kappa shape index (κ1) is 10.6. The lowest BCUT2D eigenvalue weighted by Crippen LogP contribution is -2.27. The van der Waals surface area contributed by atoms with Crippen LogP contribution in [0.3, 0.4) is 0 Å². The van der Waals surface area contributed by atoms with Crippen molar-refractivity contribution < 1.29 is 9.90 Å². The molecule has 0 rings (SSSR count). The molecule has 1 N–H and O–H groups in total. The van der Waals surface area contributed by atoms with Crippen LogP contribution in [0.25, 0.3) is 0 Å². The summed E-state index contributed by atoms with van der Waals surface area (Å²) in [5.74, 6) is -1.35. The average molecular weight is 226 g/mol. The topological polar surface area (TPSA) is 37.3 Å². The van der Waals surface area contributed by atoms with E-state index in [2.05, 4.69) is 0 Å². The molecule has 0 aliphatic carbocycles. The van der Waals surface area contributed by atoms with Crippen molar-refractivity contribution in [2.75, 3.05) is 0 Å². The number of rotatable bonds is 3. The lowest BCUT2D eigenvalue weighted by Gasteiger charge is -2.13. The summed E-state index contributed by atoms with van der Waals surface area (Å²) in [4.78, 5) is 9.31. The molecule has 0 saturated carbocycles. The normalized spacial score (nSPS) is 12.1. The van der Waals surface area contributed by atoms with Crippen molar-refractivity contribution in [1.82, 2.24) is 0 Å². The molecule has 2 nitrogen and oxygen atoms in total. The molecule has 0 aliphatic rings. The van der Waals surface area contributed by atoms with Gasteiger partial charge in [0, 0.05) is 6.42 Å². The number of hydrogen-bond acceptors (Lipinski definition) is 1. The Morgan fingerprint density at radius 3 is 2.00 bits per heavy atom. The van der Waals surface area contributed by atoms with Crippen LogP contribution in [-0.4, -0.2) is 20.2 Å². The first-order valence-electron chi connectivity index (χ1n) is 2.25. The van der Waals surface area contributed by atoms with Gasteiger partial charge >= 0.3 is 5.97 Å². The van der Waals surface area contributed by atoms with Crippen molar-refractivity contribution in [1.29, 1.82) is 0 Å². The van der Waals surface area contributed by atoms with Crippen LogP contribution in [0.2, 0.25) is 0 Å². The molecule has 0 fully saturated rings. The Morgan fingerprint density at radius 2 is 1.90 bits per heavy atom. The molecule has 6 heteroatoms. The smallest absolute Gasteiger partial charge is 0.340 e. The quantitative estimate of drug-likeness (QED) is 0.750. The number of halogens is 4. The van der Waals surface area contributed by atoms with E-state index in [0.29, 0.717) is 0 Å². The van der Waals surface area contributed by atoms with Crippen LogP contribution in [0, 0.1) is 0 Å². The Kier molecular flexibility index (Phi) is 4.10. The second-order valence-electron chi connectivity index (χ2n) is 1.60. The highest BCUT2D eigenvalue weighted by Crippen LogP contribution is 2.30. The van der Waals surface area contributed by atoms with E-state index in [1.54, 1.807) is 0 Å². The van der Waals surface area contributed by atoms with E-state index in [9.17, 15) is 4.79 Å². The summed E-state index contributed by atoms with van der Waals surface area (Å²) in [6.45, 7) is 0. The predicted molar refractivity (Wildman–Crippen MR) is 42.2 cm³/mol. The fourth-order valence-electron chi connectivity index (χ4n) is 0.281. The zero-order valence-corrected chi connectivity index (χ0v) is 7.68. The Bertz CT molecular complexity index is 133. The Balaban J connectivity index is 4.00. The van der Waals surface area contributed by atoms with Crippen LogP contribution in [0.15, 0.2) is 0 Å². The highest BCUT2D eigenvalue weighted by Gasteiger charge is 2.35. The van der Waals surface area contributed by atoms with E-state index in [1.165, 1.54) is 0 Å². The summed E-state index contributed by atoms with van der Waals surface area (Å²) in [7, 11) is 0. The zero-order chi connectivity index (χ0) is 8.36. The van der Waals surface area contributed by atoms with Gasteiger partial charge in [0.25, 0.3) is 0 Å². The van der Waals surface area contributed by atoms with Crippen LogP contribution in [0.1, 0.15) is 6.42 Å². The lowest BCUT2D eigenvalue weighted by molar-refractivity contribution is -0.137. The van der Waals surface area contributed by atoms with Crippen molar-refractivity contribution >= 4 is 52.4 Å². The van der Waals surface area contributed by atoms with Crippen molar-refractivity contribution in [3.8, 4) is 0 Å². The monoisotopic (exact) mass is 224 g/mol. The van der Waals surface area contributed by atoms with Crippen LogP contribution in [0.5, 0.6) is 0 Å². The molecule has 0 saturated heterocycles. The van der Waals surface area contributed by atoms with E-state index < -0.39 is 15.1 Å². The summed E-state index contributed by atoms with van der Waals surface area (Å²) in [6, 6.07) is 0. The van der Waals surface area contributed by atoms with Gasteiger partial charge in [-0.05, 0) is 0 Å². The number of aliphatic carboxylic acids is 1. The number of carboxylic acids is 1. The largest absolute Gasteiger partial charge is 0.479 e. The summed E-state index contributed by atoms with van der Waals surface area (Å²) < 4.78 is -1.88. The van der Waals surface area contributed by atoms with Gasteiger partial charge in [-0.25, -0.2) is 4.79 Å². The molecule has 0 atom stereocenters. The van der Waals surface area contributed by atoms with Gasteiger partial charge in [-0.3, -0.25) is 0 Å². The van der Waals surface area contributed by atoms with E-state index in [0.717, 1.165) is 0 Å². The standard InChI is InChI=1S/C4H4Cl4O2/c5-2(6)1-4(7,8)3(9)10/h2H,1H2,(H,9,10). The van der Waals surface area contributed by atoms with Gasteiger partial charge in [-0.2, -0.15) is 0 Å². The minimum atomic E-state index is -1.88. The minimum absolute atomic E-state index is 0.200. The van der Waals surface area contributed by atoms with Gasteiger partial charge in [0.15, 0.2) is 0 Å². The van der Waals surface area contributed by atoms with Crippen LogP contribution >= 0.6 is 46.4 Å². The fourth-order valence-corrected chi connectivity index (χ4v) is 1.37. The molecule has 10 heavy (non-hydrogen) atoms. The Hall–Kier alpha value is 0.630. The lowest BCUT2D eigenvalue weighted by atomic mass is 10.3. The van der Waals surface area contributed by atoms with Gasteiger partial charge in [0.2, 0.25) is 4.33 Å². The first-order chi connectivity index (χ1) is 4.36. The van der Waals surface area contributed by atoms with Crippen LogP contribution in [0.4, 0.5) is 0 Å². The Labute approximate surface area is 78.0 Å². The van der Waals surface area contributed by atoms with Crippen molar-refractivity contribution in [3.05, 3.63) is 0 Å². The fraction of sp³-hybridized carbons (Fsp3) is 0.750. The third-order valence-corrected chi connectivity index (χ3v) is 1.66. The predicted octanol–water partition coefficient (Wildman–Crippen LogP) is 2.44. The molecule has 0 aromatic heterocycles. The maximum Gasteiger partial charge on any atom is 0.340 e. The van der Waals surface area contributed by atoms with Crippen molar-refractivity contribution in [2.45, 2.75) is 15.6 Å². The first-order valence-corrected chi connectivity index (χ1v) is 3.88. The maximum atomic E-state index is 10.2. The van der Waals surface area contributed by atoms with Crippen molar-refractivity contribution in [2.24, 2.45) is 0 Å². The summed E-state index contributed by atoms with van der Waals surface area (Å²) in [5.41, 5.74) is 0. The van der Waals surface area contributed by atoms with E-state index in [4.69, 9.17) is 51.5 Å². The molecule has 0 unspecified atom stereocenters. The zero-order valence-electron chi connectivity index (χ0n) is 4.65. The van der Waals surface area contributed by atoms with Crippen molar-refractivity contribution in [3.63, 3.8) is 0 Å². The second-order valence-corrected chi connectivity index (χ2v) is 4.37. The van der Waals surface area contributed by atoms with E-state index in [1.807, 2.05) is 0 Å². The molecule has 60 valence electrons. The molecule has 0 aromatic rings. The maximum absolute atomic E-state index is 10.2. The van der Waals surface area contributed by atoms with Gasteiger partial charge in [0.05, 0.1) is 0 Å². The van der Waals surface area contributed by atoms with Crippen LogP contribution < -0.4 is 0 Å². The third kappa shape index (κ3) is 3.71. The van der Waals surface area contributed by atoms with Gasteiger partial charge in [0.1, 0.15) is 4.84 Å². The molecular formula is C4H4Cl4O2. The SMILES string of the molecule is O=C(O)C(Cl)(Cl)CC(Cl)Cl. The molecule has 0 heterocycles. The molecular weight excluding hydrogens is 222 g/mol. The summed E-state index contributed by atoms with van der Waals surface area (Å²) in [6.07, 6.45) is -0.200. The van der Waals surface area contributed by atoms with Gasteiger partial charge < -0.3 is 5.11 Å². The molecule has 0 amide bonds. The van der Waals surface area contributed by atoms with E-state index >= 15 is 0 Å².